The predicted molar refractivity (Wildman–Crippen MR) is 577 cm³/mol. The number of fused-ring (bicyclic) bond motifs is 27. The van der Waals surface area contributed by atoms with Crippen LogP contribution in [0.2, 0.25) is 0 Å². The van der Waals surface area contributed by atoms with Crippen molar-refractivity contribution in [3.8, 4) is 136 Å². The molecule has 0 amide bonds. The molecule has 11 aromatic heterocycles. The third-order valence-electron chi connectivity index (χ3n) is 30.1. The van der Waals surface area contributed by atoms with E-state index in [0.29, 0.717) is 58.0 Å². The Morgan fingerprint density at radius 2 is 0.715 bits per heavy atom. The van der Waals surface area contributed by atoms with Gasteiger partial charge in [0.15, 0.2) is 46.4 Å². The van der Waals surface area contributed by atoms with E-state index < -0.39 is 0 Å². The first kappa shape index (κ1) is 83.7. The number of aromatic nitrogens is 11. The highest BCUT2D eigenvalue weighted by Gasteiger charge is 2.46. The Morgan fingerprint density at radius 3 is 1.42 bits per heavy atom. The van der Waals surface area contributed by atoms with E-state index in [1.54, 1.807) is 6.20 Å². The number of rotatable bonds is 10. The molecule has 0 radical (unpaired) electrons. The van der Waals surface area contributed by atoms with E-state index in [-0.39, 0.29) is 16.2 Å². The Bertz CT molecular complexity index is 10100. The Morgan fingerprint density at radius 1 is 0.236 bits per heavy atom. The molecular formula is C128H85N11O5. The van der Waals surface area contributed by atoms with Crippen molar-refractivity contribution in [2.24, 2.45) is 5.92 Å². The number of nitrogens with zero attached hydrogens (tertiary/aromatic N) is 11. The topological polar surface area (TPSA) is 207 Å². The molecule has 0 spiro atoms. The van der Waals surface area contributed by atoms with Crippen LogP contribution in [0.3, 0.4) is 0 Å². The molecule has 0 fully saturated rings. The number of pyridine rings is 3. The number of benzene rings is 16. The number of hydrogen-bond donors (Lipinski definition) is 0. The molecule has 0 bridgehead atoms. The van der Waals surface area contributed by atoms with Crippen molar-refractivity contribution in [1.82, 2.24) is 54.8 Å². The Kier molecular flexibility index (Phi) is 18.6. The lowest BCUT2D eigenvalue weighted by atomic mass is 9.73. The minimum absolute atomic E-state index is 0.257. The van der Waals surface area contributed by atoms with Crippen molar-refractivity contribution in [1.29, 1.82) is 0 Å². The van der Waals surface area contributed by atoms with Gasteiger partial charge in [0.25, 0.3) is 0 Å². The summed E-state index contributed by atoms with van der Waals surface area (Å²) in [4.78, 5) is 55.4. The van der Waals surface area contributed by atoms with E-state index in [0.717, 1.165) is 188 Å². The van der Waals surface area contributed by atoms with Crippen LogP contribution in [0.25, 0.3) is 267 Å². The second kappa shape index (κ2) is 32.1. The molecule has 0 saturated carbocycles. The van der Waals surface area contributed by atoms with Crippen LogP contribution in [0.5, 0.6) is 0 Å². The van der Waals surface area contributed by atoms with Crippen molar-refractivity contribution >= 4 is 131 Å². The van der Waals surface area contributed by atoms with Gasteiger partial charge in [-0.15, -0.1) is 0 Å². The zero-order chi connectivity index (χ0) is 96.1. The van der Waals surface area contributed by atoms with E-state index in [9.17, 15) is 0 Å². The van der Waals surface area contributed by atoms with Crippen LogP contribution in [0.1, 0.15) is 82.1 Å². The van der Waals surface area contributed by atoms with Gasteiger partial charge >= 0.3 is 0 Å². The van der Waals surface area contributed by atoms with Gasteiger partial charge < -0.3 is 22.1 Å². The van der Waals surface area contributed by atoms with Crippen molar-refractivity contribution in [3.63, 3.8) is 0 Å². The summed E-state index contributed by atoms with van der Waals surface area (Å²) in [5, 5.41) is 14.2. The molecule has 144 heavy (non-hydrogen) atoms. The van der Waals surface area contributed by atoms with Crippen LogP contribution in [0.15, 0.2) is 405 Å². The van der Waals surface area contributed by atoms with Crippen molar-refractivity contribution in [2.75, 3.05) is 0 Å². The smallest absolute Gasteiger partial charge is 0.227 e. The van der Waals surface area contributed by atoms with Gasteiger partial charge in [0.1, 0.15) is 61.6 Å². The summed E-state index contributed by atoms with van der Waals surface area (Å²) < 4.78 is 31.7. The lowest BCUT2D eigenvalue weighted by molar-refractivity contribution is 0.404. The van der Waals surface area contributed by atoms with E-state index in [1.807, 2.05) is 164 Å². The van der Waals surface area contributed by atoms with Crippen molar-refractivity contribution in [3.05, 3.63) is 416 Å². The van der Waals surface area contributed by atoms with E-state index >= 15 is 0 Å². The Labute approximate surface area is 825 Å². The number of para-hydroxylation sites is 4. The number of hydrogen-bond acceptors (Lipinski definition) is 16. The maximum absolute atomic E-state index is 6.63. The van der Waals surface area contributed by atoms with Gasteiger partial charge in [0.2, 0.25) is 5.71 Å². The first-order chi connectivity index (χ1) is 70.5. The van der Waals surface area contributed by atoms with Crippen LogP contribution < -0.4 is 0 Å². The molecule has 30 rings (SSSR count). The molecule has 16 aromatic carbocycles. The van der Waals surface area contributed by atoms with Gasteiger partial charge in [-0.3, -0.25) is 4.98 Å². The summed E-state index contributed by atoms with van der Waals surface area (Å²) in [6, 6.07) is 127. The maximum Gasteiger partial charge on any atom is 0.227 e. The highest BCUT2D eigenvalue weighted by atomic mass is 16.3. The molecule has 16 nitrogen and oxygen atoms in total. The second-order valence-corrected chi connectivity index (χ2v) is 39.3. The van der Waals surface area contributed by atoms with Crippen molar-refractivity contribution in [2.45, 2.75) is 64.7 Å². The standard InChI is InChI=1S/C44H31N3O2.C43H28N4O.C41H26N4O2/c1-25(2)44(3)32-24-35-38(29-17-7-9-20-33(29)48-35)36(37(32)31-19-12-22-45-42(31)44)27-15-11-16-28(23-27)39-41-40(30-18-8-10-21-34(30)49-41)47-43(46-39)26-13-5-4-6-14-26;1-43(2)35-24-38-33(30-18-10-11-19-37(30)48-38)23-32(35)31-20-21-36(44-39(31)43)42-46-40(25-12-4-3-5-13-25)45-41(47-42)34-22-26-14-6-7-15-27(26)28-16-8-9-17-29(28)34;1-41(2)32-20-25(14-16-26(32)29-21-31-28-12-8-18-42-40(28)47-36(31)22-33(29)41)39-44-37(23-9-4-3-5-10-23)43-38(45-39)24-15-17-35-30(19-24)27-11-6-7-13-34(27)46-35/h4-25H,1-3H3;3-24H,1-2H3;3-22H,1-2H3. The average Bonchev–Trinajstić information content (AvgIpc) is 1.55. The maximum atomic E-state index is 6.63. The van der Waals surface area contributed by atoms with E-state index in [2.05, 4.69) is 266 Å². The van der Waals surface area contributed by atoms with Crippen LogP contribution in [0, 0.1) is 5.92 Å². The van der Waals surface area contributed by atoms with Gasteiger partial charge in [0, 0.05) is 133 Å². The molecule has 0 N–H and O–H groups in total. The molecule has 1 atom stereocenters. The minimum atomic E-state index is -0.347. The third-order valence-corrected chi connectivity index (χ3v) is 30.1. The summed E-state index contributed by atoms with van der Waals surface area (Å²) in [5.74, 6) is 4.63. The van der Waals surface area contributed by atoms with Gasteiger partial charge in [-0.1, -0.05) is 290 Å². The quantitative estimate of drug-likeness (QED) is 0.117. The molecule has 1 unspecified atom stereocenters. The highest BCUT2D eigenvalue weighted by molar-refractivity contribution is 6.19. The molecule has 3 aliphatic carbocycles. The largest absolute Gasteiger partial charge is 0.456 e. The van der Waals surface area contributed by atoms with Crippen LogP contribution >= 0.6 is 0 Å². The summed E-state index contributed by atoms with van der Waals surface area (Å²) in [6.45, 7) is 15.9. The van der Waals surface area contributed by atoms with Gasteiger partial charge in [-0.25, -0.2) is 49.8 Å². The third kappa shape index (κ3) is 13.1. The molecule has 0 aliphatic heterocycles. The Balaban J connectivity index is 0.000000105. The number of furan rings is 5. The summed E-state index contributed by atoms with van der Waals surface area (Å²) >= 11 is 0. The Hall–Kier alpha value is -18.4. The monoisotopic (exact) mass is 1860 g/mol. The molecular weight excluding hydrogens is 1770 g/mol. The molecule has 16 heteroatoms. The fourth-order valence-corrected chi connectivity index (χ4v) is 22.6. The van der Waals surface area contributed by atoms with Crippen LogP contribution in [-0.2, 0) is 16.2 Å². The van der Waals surface area contributed by atoms with Crippen LogP contribution in [0.4, 0.5) is 0 Å². The molecule has 3 aliphatic rings. The molecule has 27 aromatic rings. The first-order valence-corrected chi connectivity index (χ1v) is 48.8. The minimum Gasteiger partial charge on any atom is -0.456 e. The highest BCUT2D eigenvalue weighted by Crippen LogP contribution is 2.60. The summed E-state index contributed by atoms with van der Waals surface area (Å²) in [5.41, 5.74) is 32.6. The van der Waals surface area contributed by atoms with E-state index in [1.165, 1.54) is 60.8 Å². The fraction of sp³-hybridized carbons (Fsp3) is 0.0859. The predicted octanol–water partition coefficient (Wildman–Crippen LogP) is 32.8. The molecule has 682 valence electrons. The van der Waals surface area contributed by atoms with Gasteiger partial charge in [0.05, 0.1) is 11.4 Å². The van der Waals surface area contributed by atoms with E-state index in [4.69, 9.17) is 71.9 Å². The molecule has 11 heterocycles. The second-order valence-electron chi connectivity index (χ2n) is 39.3. The first-order valence-electron chi connectivity index (χ1n) is 48.8. The summed E-state index contributed by atoms with van der Waals surface area (Å²) in [7, 11) is 0. The van der Waals surface area contributed by atoms with Crippen molar-refractivity contribution < 1.29 is 22.1 Å². The lowest BCUT2D eigenvalue weighted by Crippen LogP contribution is -2.28. The zero-order valence-corrected chi connectivity index (χ0v) is 79.4. The summed E-state index contributed by atoms with van der Waals surface area (Å²) in [6.07, 6.45) is 3.69. The fourth-order valence-electron chi connectivity index (χ4n) is 22.6. The zero-order valence-electron chi connectivity index (χ0n) is 79.4. The normalized spacial score (nSPS) is 14.1. The lowest BCUT2D eigenvalue weighted by Gasteiger charge is -2.31. The average molecular weight is 1860 g/mol. The van der Waals surface area contributed by atoms with Gasteiger partial charge in [-0.05, 0) is 206 Å². The van der Waals surface area contributed by atoms with Gasteiger partial charge in [-0.2, -0.15) is 0 Å². The SMILES string of the molecule is CC(C)C1(C)c2cc3oc4ccccc4c3c(-c3cccc(-c4nc(-c5ccccc5)nc5c4oc4ccccc45)c3)c2-c2cccnc21.CC1(C)c2cc(-c3nc(-c4ccccc4)nc(-c4ccc5oc6ccccc6c5c4)n3)ccc2-c2cc3c(cc21)oc1ncccc13.CC1(C)c2cc3oc4ccccc4c3cc2-c2ccc(-c3nc(-c4ccccc4)nc(-c4cc5ccccc5c5ccccc45)n3)nc21. The van der Waals surface area contributed by atoms with Crippen LogP contribution in [-0.4, -0.2) is 54.8 Å². The molecule has 0 saturated heterocycles.